The van der Waals surface area contributed by atoms with Crippen LogP contribution in [0.2, 0.25) is 0 Å². The van der Waals surface area contributed by atoms with E-state index in [0.717, 1.165) is 12.5 Å². The van der Waals surface area contributed by atoms with Crippen LogP contribution in [0.5, 0.6) is 0 Å². The Labute approximate surface area is 96.4 Å². The highest BCUT2D eigenvalue weighted by Gasteiger charge is 2.23. The third-order valence-electron chi connectivity index (χ3n) is 3.74. The smallest absolute Gasteiger partial charge is 0.0220 e. The SMILES string of the molecule is CCNC(CC)C(C)N(C)C(C)C(C)C. The second-order valence-corrected chi connectivity index (χ2v) is 4.96. The highest BCUT2D eigenvalue weighted by atomic mass is 15.2. The van der Waals surface area contributed by atoms with E-state index in [2.05, 4.69) is 58.8 Å². The van der Waals surface area contributed by atoms with Crippen LogP contribution in [0.4, 0.5) is 0 Å². The fraction of sp³-hybridized carbons (Fsp3) is 1.00. The quantitative estimate of drug-likeness (QED) is 0.701. The average Bonchev–Trinajstić information content (AvgIpc) is 2.22. The van der Waals surface area contributed by atoms with Gasteiger partial charge in [0.15, 0.2) is 0 Å². The lowest BCUT2D eigenvalue weighted by Gasteiger charge is -2.37. The summed E-state index contributed by atoms with van der Waals surface area (Å²) in [4.78, 5) is 2.50. The van der Waals surface area contributed by atoms with Crippen molar-refractivity contribution >= 4 is 0 Å². The Kier molecular flexibility index (Phi) is 7.20. The summed E-state index contributed by atoms with van der Waals surface area (Å²) in [7, 11) is 2.25. The van der Waals surface area contributed by atoms with E-state index in [0.29, 0.717) is 18.1 Å². The predicted octanol–water partition coefficient (Wildman–Crippen LogP) is 2.74. The van der Waals surface area contributed by atoms with Crippen LogP contribution in [-0.4, -0.2) is 36.6 Å². The lowest BCUT2D eigenvalue weighted by atomic mass is 9.99. The predicted molar refractivity (Wildman–Crippen MR) is 69.3 cm³/mol. The Hall–Kier alpha value is -0.0800. The molecule has 0 fully saturated rings. The molecular formula is C13H30N2. The van der Waals surface area contributed by atoms with Crippen molar-refractivity contribution in [3.8, 4) is 0 Å². The molecule has 0 spiro atoms. The molecule has 1 N–H and O–H groups in total. The van der Waals surface area contributed by atoms with Crippen molar-refractivity contribution in [3.05, 3.63) is 0 Å². The molecule has 3 unspecified atom stereocenters. The molecule has 3 atom stereocenters. The molecule has 0 heterocycles. The molecule has 0 saturated heterocycles. The molecule has 0 rings (SSSR count). The molecule has 92 valence electrons. The first kappa shape index (κ1) is 14.9. The second-order valence-electron chi connectivity index (χ2n) is 4.96. The van der Waals surface area contributed by atoms with E-state index >= 15 is 0 Å². The third-order valence-corrected chi connectivity index (χ3v) is 3.74. The summed E-state index contributed by atoms with van der Waals surface area (Å²) in [5, 5.41) is 3.57. The molecule has 0 amide bonds. The van der Waals surface area contributed by atoms with Gasteiger partial charge in [-0.05, 0) is 39.8 Å². The van der Waals surface area contributed by atoms with Gasteiger partial charge in [0.05, 0.1) is 0 Å². The van der Waals surface area contributed by atoms with Crippen molar-refractivity contribution < 1.29 is 0 Å². The van der Waals surface area contributed by atoms with Gasteiger partial charge < -0.3 is 5.32 Å². The molecule has 0 aromatic rings. The summed E-state index contributed by atoms with van der Waals surface area (Å²) < 4.78 is 0. The highest BCUT2D eigenvalue weighted by molar-refractivity contribution is 4.82. The van der Waals surface area contributed by atoms with Crippen molar-refractivity contribution in [2.75, 3.05) is 13.6 Å². The Morgan fingerprint density at radius 2 is 1.53 bits per heavy atom. The Morgan fingerprint density at radius 3 is 1.87 bits per heavy atom. The van der Waals surface area contributed by atoms with Gasteiger partial charge in [-0.25, -0.2) is 0 Å². The number of hydrogen-bond acceptors (Lipinski definition) is 2. The fourth-order valence-corrected chi connectivity index (χ4v) is 2.04. The maximum Gasteiger partial charge on any atom is 0.0220 e. The summed E-state index contributed by atoms with van der Waals surface area (Å²) in [5.74, 6) is 0.719. The maximum atomic E-state index is 3.57. The zero-order valence-electron chi connectivity index (χ0n) is 11.7. The van der Waals surface area contributed by atoms with E-state index in [9.17, 15) is 0 Å². The molecule has 0 aliphatic rings. The van der Waals surface area contributed by atoms with Crippen LogP contribution in [-0.2, 0) is 0 Å². The first-order valence-corrected chi connectivity index (χ1v) is 6.40. The number of hydrogen-bond donors (Lipinski definition) is 1. The minimum atomic E-state index is 0.604. The van der Waals surface area contributed by atoms with Gasteiger partial charge >= 0.3 is 0 Å². The van der Waals surface area contributed by atoms with Gasteiger partial charge in [0.25, 0.3) is 0 Å². The topological polar surface area (TPSA) is 15.3 Å². The van der Waals surface area contributed by atoms with Crippen LogP contribution < -0.4 is 5.32 Å². The van der Waals surface area contributed by atoms with Crippen molar-refractivity contribution in [1.29, 1.82) is 0 Å². The van der Waals surface area contributed by atoms with Gasteiger partial charge in [-0.15, -0.1) is 0 Å². The minimum Gasteiger partial charge on any atom is -0.313 e. The van der Waals surface area contributed by atoms with Crippen molar-refractivity contribution in [2.45, 2.75) is 66.1 Å². The maximum absolute atomic E-state index is 3.57. The number of rotatable bonds is 7. The van der Waals surface area contributed by atoms with Crippen LogP contribution in [0.3, 0.4) is 0 Å². The molecule has 0 aromatic heterocycles. The normalized spacial score (nSPS) is 18.2. The molecule has 0 aliphatic carbocycles. The molecule has 0 aliphatic heterocycles. The van der Waals surface area contributed by atoms with E-state index in [-0.39, 0.29) is 0 Å². The molecule has 2 heteroatoms. The van der Waals surface area contributed by atoms with Gasteiger partial charge in [0, 0.05) is 18.1 Å². The number of nitrogens with one attached hydrogen (secondary N) is 1. The van der Waals surface area contributed by atoms with Gasteiger partial charge in [-0.1, -0.05) is 27.7 Å². The Morgan fingerprint density at radius 1 is 1.00 bits per heavy atom. The van der Waals surface area contributed by atoms with Crippen LogP contribution in [0.1, 0.15) is 48.0 Å². The summed E-state index contributed by atoms with van der Waals surface area (Å²) in [6.07, 6.45) is 1.20. The van der Waals surface area contributed by atoms with E-state index in [1.807, 2.05) is 0 Å². The lowest BCUT2D eigenvalue weighted by molar-refractivity contribution is 0.128. The number of likely N-dealkylation sites (N-methyl/N-ethyl adjacent to an activating group) is 2. The summed E-state index contributed by atoms with van der Waals surface area (Å²) in [6.45, 7) is 14.7. The van der Waals surface area contributed by atoms with E-state index < -0.39 is 0 Å². The molecule has 0 saturated carbocycles. The summed E-state index contributed by atoms with van der Waals surface area (Å²) in [6, 6.07) is 1.86. The third kappa shape index (κ3) is 4.52. The van der Waals surface area contributed by atoms with Gasteiger partial charge in [-0.2, -0.15) is 0 Å². The van der Waals surface area contributed by atoms with E-state index in [1.165, 1.54) is 6.42 Å². The number of nitrogens with zero attached hydrogens (tertiary/aromatic N) is 1. The molecule has 15 heavy (non-hydrogen) atoms. The molecule has 0 radical (unpaired) electrons. The molecule has 0 bridgehead atoms. The molecular weight excluding hydrogens is 184 g/mol. The minimum absolute atomic E-state index is 0.604. The first-order valence-electron chi connectivity index (χ1n) is 6.40. The largest absolute Gasteiger partial charge is 0.313 e. The van der Waals surface area contributed by atoms with Gasteiger partial charge in [-0.3, -0.25) is 4.90 Å². The van der Waals surface area contributed by atoms with Gasteiger partial charge in [0.1, 0.15) is 0 Å². The average molecular weight is 214 g/mol. The van der Waals surface area contributed by atoms with Crippen molar-refractivity contribution in [2.24, 2.45) is 5.92 Å². The summed E-state index contributed by atoms with van der Waals surface area (Å²) >= 11 is 0. The lowest BCUT2D eigenvalue weighted by Crippen LogP contribution is -2.50. The van der Waals surface area contributed by atoms with Gasteiger partial charge in [0.2, 0.25) is 0 Å². The van der Waals surface area contributed by atoms with Crippen molar-refractivity contribution in [3.63, 3.8) is 0 Å². The zero-order chi connectivity index (χ0) is 12.0. The fourth-order valence-electron chi connectivity index (χ4n) is 2.04. The zero-order valence-corrected chi connectivity index (χ0v) is 11.7. The molecule has 0 aromatic carbocycles. The van der Waals surface area contributed by atoms with Crippen LogP contribution >= 0.6 is 0 Å². The first-order chi connectivity index (χ1) is 6.95. The second kappa shape index (κ2) is 7.24. The highest BCUT2D eigenvalue weighted by Crippen LogP contribution is 2.14. The standard InChI is InChI=1S/C13H30N2/c1-8-13(14-9-2)12(6)15(7)11(5)10(3)4/h10-14H,8-9H2,1-7H3. The van der Waals surface area contributed by atoms with Crippen LogP contribution in [0, 0.1) is 5.92 Å². The van der Waals surface area contributed by atoms with Crippen LogP contribution in [0.15, 0.2) is 0 Å². The van der Waals surface area contributed by atoms with Crippen molar-refractivity contribution in [1.82, 2.24) is 10.2 Å². The van der Waals surface area contributed by atoms with Crippen LogP contribution in [0.25, 0.3) is 0 Å². The molecule has 2 nitrogen and oxygen atoms in total. The summed E-state index contributed by atoms with van der Waals surface area (Å²) in [5.41, 5.74) is 0. The Balaban J connectivity index is 4.32. The Bertz CT molecular complexity index is 157. The monoisotopic (exact) mass is 214 g/mol. The van der Waals surface area contributed by atoms with E-state index in [1.54, 1.807) is 0 Å². The van der Waals surface area contributed by atoms with E-state index in [4.69, 9.17) is 0 Å².